The quantitative estimate of drug-likeness (QED) is 0.887. The lowest BCUT2D eigenvalue weighted by atomic mass is 9.96. The second kappa shape index (κ2) is 6.02. The van der Waals surface area contributed by atoms with Crippen LogP contribution in [-0.2, 0) is 19.4 Å². The van der Waals surface area contributed by atoms with E-state index in [0.29, 0.717) is 11.0 Å². The van der Waals surface area contributed by atoms with Crippen molar-refractivity contribution in [2.24, 2.45) is 0 Å². The fourth-order valence-electron chi connectivity index (χ4n) is 2.71. The molecular weight excluding hydrogens is 330 g/mol. The van der Waals surface area contributed by atoms with Gasteiger partial charge in [0.05, 0.1) is 4.47 Å². The summed E-state index contributed by atoms with van der Waals surface area (Å²) in [4.78, 5) is 9.12. The predicted octanol–water partition coefficient (Wildman–Crippen LogP) is 3.74. The standard InChI is InChI=1S/C16H18BrN3O/c1-10-19-14-5-3-2-4-12(14)16(20-10)18-9-11-6-7-15(21)13(17)8-11/h6-8,21H,2-5,9H2,1H3,(H,18,19,20). The molecule has 1 aliphatic rings. The van der Waals surface area contributed by atoms with Crippen LogP contribution in [-0.4, -0.2) is 15.1 Å². The molecule has 4 nitrogen and oxygen atoms in total. The van der Waals surface area contributed by atoms with Crippen molar-refractivity contribution in [3.05, 3.63) is 45.3 Å². The van der Waals surface area contributed by atoms with Crippen LogP contribution in [0.1, 0.15) is 35.5 Å². The highest BCUT2D eigenvalue weighted by Gasteiger charge is 2.16. The number of halogens is 1. The minimum Gasteiger partial charge on any atom is -0.507 e. The number of benzene rings is 1. The molecule has 1 aromatic carbocycles. The Hall–Kier alpha value is -1.62. The van der Waals surface area contributed by atoms with Gasteiger partial charge in [0.1, 0.15) is 17.4 Å². The normalized spacial score (nSPS) is 13.8. The number of hydrogen-bond acceptors (Lipinski definition) is 4. The van der Waals surface area contributed by atoms with E-state index in [1.807, 2.05) is 19.1 Å². The summed E-state index contributed by atoms with van der Waals surface area (Å²) in [5.41, 5.74) is 3.56. The van der Waals surface area contributed by atoms with Crippen molar-refractivity contribution in [3.63, 3.8) is 0 Å². The van der Waals surface area contributed by atoms with Crippen LogP contribution in [0.2, 0.25) is 0 Å². The molecule has 2 N–H and O–H groups in total. The first-order valence-electron chi connectivity index (χ1n) is 7.21. The number of nitrogens with one attached hydrogen (secondary N) is 1. The topological polar surface area (TPSA) is 58.0 Å². The number of phenols is 1. The third-order valence-corrected chi connectivity index (χ3v) is 4.40. The van der Waals surface area contributed by atoms with Gasteiger partial charge in [0, 0.05) is 17.8 Å². The van der Waals surface area contributed by atoms with E-state index in [1.54, 1.807) is 6.07 Å². The molecule has 0 unspecified atom stereocenters. The molecule has 3 rings (SSSR count). The number of phenolic OH excluding ortho intramolecular Hbond substituents is 1. The number of fused-ring (bicyclic) bond motifs is 1. The molecule has 1 heterocycles. The monoisotopic (exact) mass is 347 g/mol. The minimum atomic E-state index is 0.258. The van der Waals surface area contributed by atoms with E-state index in [0.717, 1.165) is 30.0 Å². The average molecular weight is 348 g/mol. The summed E-state index contributed by atoms with van der Waals surface area (Å²) in [5, 5.41) is 13.0. The van der Waals surface area contributed by atoms with Gasteiger partial charge in [-0.2, -0.15) is 0 Å². The molecule has 2 aromatic rings. The molecule has 0 aliphatic heterocycles. The van der Waals surface area contributed by atoms with E-state index in [-0.39, 0.29) is 5.75 Å². The third kappa shape index (κ3) is 3.18. The molecule has 110 valence electrons. The van der Waals surface area contributed by atoms with Gasteiger partial charge < -0.3 is 10.4 Å². The Labute approximate surface area is 132 Å². The number of nitrogens with zero attached hydrogens (tertiary/aromatic N) is 2. The molecule has 0 radical (unpaired) electrons. The first-order valence-corrected chi connectivity index (χ1v) is 8.00. The minimum absolute atomic E-state index is 0.258. The molecule has 0 atom stereocenters. The van der Waals surface area contributed by atoms with Crippen molar-refractivity contribution in [2.45, 2.75) is 39.2 Å². The van der Waals surface area contributed by atoms with Crippen molar-refractivity contribution in [3.8, 4) is 5.75 Å². The fraction of sp³-hybridized carbons (Fsp3) is 0.375. The Bertz CT molecular complexity index is 673. The predicted molar refractivity (Wildman–Crippen MR) is 86.5 cm³/mol. The highest BCUT2D eigenvalue weighted by atomic mass is 79.9. The lowest BCUT2D eigenvalue weighted by molar-refractivity contribution is 0.471. The van der Waals surface area contributed by atoms with Crippen LogP contribution in [0, 0.1) is 6.92 Å². The molecule has 1 aromatic heterocycles. The van der Waals surface area contributed by atoms with E-state index >= 15 is 0 Å². The summed E-state index contributed by atoms with van der Waals surface area (Å²) in [6, 6.07) is 5.53. The molecule has 5 heteroatoms. The molecular formula is C16H18BrN3O. The van der Waals surface area contributed by atoms with Gasteiger partial charge in [0.2, 0.25) is 0 Å². The summed E-state index contributed by atoms with van der Waals surface area (Å²) in [6.07, 6.45) is 4.53. The maximum Gasteiger partial charge on any atom is 0.133 e. The maximum absolute atomic E-state index is 9.54. The molecule has 1 aliphatic carbocycles. The second-order valence-electron chi connectivity index (χ2n) is 5.39. The molecule has 0 amide bonds. The first-order chi connectivity index (χ1) is 10.1. The smallest absolute Gasteiger partial charge is 0.133 e. The lowest BCUT2D eigenvalue weighted by Gasteiger charge is -2.19. The van der Waals surface area contributed by atoms with E-state index < -0.39 is 0 Å². The van der Waals surface area contributed by atoms with E-state index in [1.165, 1.54) is 24.1 Å². The summed E-state index contributed by atoms with van der Waals surface area (Å²) < 4.78 is 0.711. The fourth-order valence-corrected chi connectivity index (χ4v) is 3.14. The molecule has 0 bridgehead atoms. The van der Waals surface area contributed by atoms with Gasteiger partial charge in [-0.15, -0.1) is 0 Å². The van der Waals surface area contributed by atoms with Crippen molar-refractivity contribution >= 4 is 21.7 Å². The van der Waals surface area contributed by atoms with Crippen LogP contribution in [0.3, 0.4) is 0 Å². The van der Waals surface area contributed by atoms with Crippen LogP contribution in [0.25, 0.3) is 0 Å². The summed E-state index contributed by atoms with van der Waals surface area (Å²) in [6.45, 7) is 2.62. The number of hydrogen-bond donors (Lipinski definition) is 2. The van der Waals surface area contributed by atoms with Gasteiger partial charge in [-0.3, -0.25) is 0 Å². The molecule has 0 spiro atoms. The lowest BCUT2D eigenvalue weighted by Crippen LogP contribution is -2.13. The van der Waals surface area contributed by atoms with Gasteiger partial charge in [-0.1, -0.05) is 6.07 Å². The van der Waals surface area contributed by atoms with E-state index in [4.69, 9.17) is 0 Å². The van der Waals surface area contributed by atoms with Crippen LogP contribution in [0.15, 0.2) is 22.7 Å². The van der Waals surface area contributed by atoms with Gasteiger partial charge in [-0.25, -0.2) is 9.97 Å². The number of aryl methyl sites for hydroxylation is 2. The van der Waals surface area contributed by atoms with Crippen LogP contribution >= 0.6 is 15.9 Å². The van der Waals surface area contributed by atoms with Crippen LogP contribution in [0.4, 0.5) is 5.82 Å². The van der Waals surface area contributed by atoms with Gasteiger partial charge in [0.25, 0.3) is 0 Å². The zero-order valence-electron chi connectivity index (χ0n) is 12.0. The van der Waals surface area contributed by atoms with Gasteiger partial charge >= 0.3 is 0 Å². The zero-order chi connectivity index (χ0) is 14.8. The largest absolute Gasteiger partial charge is 0.507 e. The zero-order valence-corrected chi connectivity index (χ0v) is 13.6. The van der Waals surface area contributed by atoms with Gasteiger partial charge in [0.15, 0.2) is 0 Å². The average Bonchev–Trinajstić information content (AvgIpc) is 2.48. The maximum atomic E-state index is 9.54. The van der Waals surface area contributed by atoms with Crippen molar-refractivity contribution in [1.29, 1.82) is 0 Å². The van der Waals surface area contributed by atoms with Crippen LogP contribution in [0.5, 0.6) is 5.75 Å². The van der Waals surface area contributed by atoms with Crippen molar-refractivity contribution in [1.82, 2.24) is 9.97 Å². The van der Waals surface area contributed by atoms with Crippen molar-refractivity contribution < 1.29 is 5.11 Å². The van der Waals surface area contributed by atoms with Gasteiger partial charge in [-0.05, 0) is 66.2 Å². The highest BCUT2D eigenvalue weighted by molar-refractivity contribution is 9.10. The molecule has 0 saturated heterocycles. The Morgan fingerprint density at radius 2 is 2.05 bits per heavy atom. The number of aromatic nitrogens is 2. The number of anilines is 1. The molecule has 0 fully saturated rings. The molecule has 21 heavy (non-hydrogen) atoms. The number of aromatic hydroxyl groups is 1. The first kappa shape index (κ1) is 14.3. The third-order valence-electron chi connectivity index (χ3n) is 3.77. The molecule has 0 saturated carbocycles. The summed E-state index contributed by atoms with van der Waals surface area (Å²) in [7, 11) is 0. The SMILES string of the molecule is Cc1nc2c(c(NCc3ccc(O)c(Br)c3)n1)CCCC2. The Kier molecular flexibility index (Phi) is 4.10. The second-order valence-corrected chi connectivity index (χ2v) is 6.25. The number of rotatable bonds is 3. The van der Waals surface area contributed by atoms with E-state index in [2.05, 4.69) is 31.2 Å². The summed E-state index contributed by atoms with van der Waals surface area (Å²) in [5.74, 6) is 2.04. The Balaban J connectivity index is 1.81. The van der Waals surface area contributed by atoms with Crippen molar-refractivity contribution in [2.75, 3.05) is 5.32 Å². The Morgan fingerprint density at radius 1 is 1.24 bits per heavy atom. The van der Waals surface area contributed by atoms with E-state index in [9.17, 15) is 5.11 Å². The van der Waals surface area contributed by atoms with Crippen LogP contribution < -0.4 is 5.32 Å². The summed E-state index contributed by atoms with van der Waals surface area (Å²) >= 11 is 3.34. The highest BCUT2D eigenvalue weighted by Crippen LogP contribution is 2.27. The Morgan fingerprint density at radius 3 is 2.86 bits per heavy atom.